The van der Waals surface area contributed by atoms with Crippen molar-refractivity contribution < 1.29 is 19.4 Å². The van der Waals surface area contributed by atoms with Crippen LogP contribution in [0, 0.1) is 0 Å². The zero-order valence-electron chi connectivity index (χ0n) is 8.28. The van der Waals surface area contributed by atoms with Gasteiger partial charge in [-0.15, -0.1) is 11.8 Å². The molecule has 0 bridgehead atoms. The van der Waals surface area contributed by atoms with Crippen molar-refractivity contribution in [1.82, 2.24) is 0 Å². The van der Waals surface area contributed by atoms with Crippen LogP contribution in [0.1, 0.15) is 26.7 Å². The van der Waals surface area contributed by atoms with E-state index < -0.39 is 22.8 Å². The summed E-state index contributed by atoms with van der Waals surface area (Å²) in [5.41, 5.74) is -0.420. The van der Waals surface area contributed by atoms with E-state index in [1.54, 1.807) is 0 Å². The summed E-state index contributed by atoms with van der Waals surface area (Å²) in [6.45, 7) is 3.82. The molecule has 0 aliphatic carbocycles. The highest BCUT2D eigenvalue weighted by Crippen LogP contribution is 2.32. The number of thioether (sulfide) groups is 1. The topological polar surface area (TPSA) is 63.6 Å². The first-order valence-electron chi connectivity index (χ1n) is 4.53. The Morgan fingerprint density at radius 1 is 1.79 bits per heavy atom. The maximum absolute atomic E-state index is 11.4. The van der Waals surface area contributed by atoms with E-state index in [1.165, 1.54) is 11.8 Å². The van der Waals surface area contributed by atoms with Crippen molar-refractivity contribution in [2.75, 3.05) is 5.75 Å². The molecule has 2 unspecified atom stereocenters. The number of carbonyl (C=O) groups excluding carboxylic acids is 1. The highest BCUT2D eigenvalue weighted by Gasteiger charge is 2.38. The van der Waals surface area contributed by atoms with E-state index in [9.17, 15) is 9.59 Å². The van der Waals surface area contributed by atoms with Crippen LogP contribution < -0.4 is 0 Å². The lowest BCUT2D eigenvalue weighted by molar-refractivity contribution is -0.159. The van der Waals surface area contributed by atoms with Gasteiger partial charge in [-0.3, -0.25) is 9.59 Å². The Morgan fingerprint density at radius 3 is 2.86 bits per heavy atom. The Bertz CT molecular complexity index is 253. The first-order valence-corrected chi connectivity index (χ1v) is 5.58. The molecule has 0 aromatic rings. The summed E-state index contributed by atoms with van der Waals surface area (Å²) in [5.74, 6) is -0.680. The van der Waals surface area contributed by atoms with Gasteiger partial charge in [-0.1, -0.05) is 6.92 Å². The number of hydrogen-bond acceptors (Lipinski definition) is 4. The van der Waals surface area contributed by atoms with Crippen LogP contribution in [-0.2, 0) is 14.3 Å². The fourth-order valence-electron chi connectivity index (χ4n) is 1.16. The second-order valence-corrected chi connectivity index (χ2v) is 4.81. The van der Waals surface area contributed by atoms with Gasteiger partial charge in [0.05, 0.1) is 6.42 Å². The third kappa shape index (κ3) is 2.64. The molecule has 1 heterocycles. The van der Waals surface area contributed by atoms with Gasteiger partial charge in [-0.2, -0.15) is 0 Å². The molecule has 1 rings (SSSR count). The smallest absolute Gasteiger partial charge is 0.320 e. The van der Waals surface area contributed by atoms with E-state index in [-0.39, 0.29) is 6.42 Å². The van der Waals surface area contributed by atoms with Gasteiger partial charge < -0.3 is 9.84 Å². The molecule has 1 N–H and O–H groups in total. The van der Waals surface area contributed by atoms with Gasteiger partial charge in [0, 0.05) is 5.75 Å². The second-order valence-electron chi connectivity index (χ2n) is 3.62. The van der Waals surface area contributed by atoms with Gasteiger partial charge in [0.25, 0.3) is 0 Å². The van der Waals surface area contributed by atoms with Crippen molar-refractivity contribution in [1.29, 1.82) is 0 Å². The molecule has 0 aromatic heterocycles. The number of cyclic esters (lactones) is 1. The van der Waals surface area contributed by atoms with Crippen LogP contribution in [0.15, 0.2) is 0 Å². The van der Waals surface area contributed by atoms with Crippen molar-refractivity contribution in [3.63, 3.8) is 0 Å². The third-order valence-electron chi connectivity index (χ3n) is 2.31. The van der Waals surface area contributed by atoms with Crippen molar-refractivity contribution in [3.8, 4) is 0 Å². The SMILES string of the molecule is CCC1(C)CSC(CC(=O)O)C(=O)O1. The van der Waals surface area contributed by atoms with Gasteiger partial charge in [0.15, 0.2) is 0 Å². The number of ether oxygens (including phenoxy) is 1. The van der Waals surface area contributed by atoms with Crippen molar-refractivity contribution in [2.24, 2.45) is 0 Å². The minimum Gasteiger partial charge on any atom is -0.481 e. The molecule has 0 amide bonds. The second kappa shape index (κ2) is 4.21. The van der Waals surface area contributed by atoms with Crippen LogP contribution in [0.2, 0.25) is 0 Å². The molecule has 1 fully saturated rings. The summed E-state index contributed by atoms with van der Waals surface area (Å²) in [6, 6.07) is 0. The van der Waals surface area contributed by atoms with Crippen LogP contribution in [0.3, 0.4) is 0 Å². The van der Waals surface area contributed by atoms with E-state index in [0.29, 0.717) is 5.75 Å². The molecule has 0 saturated carbocycles. The maximum Gasteiger partial charge on any atom is 0.320 e. The fraction of sp³-hybridized carbons (Fsp3) is 0.778. The van der Waals surface area contributed by atoms with E-state index in [2.05, 4.69) is 0 Å². The number of carboxylic acids is 1. The van der Waals surface area contributed by atoms with E-state index >= 15 is 0 Å². The van der Waals surface area contributed by atoms with Crippen LogP contribution >= 0.6 is 11.8 Å². The van der Waals surface area contributed by atoms with Gasteiger partial charge >= 0.3 is 11.9 Å². The average molecular weight is 218 g/mol. The standard InChI is InChI=1S/C9H14O4S/c1-3-9(2)5-14-6(4-7(10)11)8(12)13-9/h6H,3-5H2,1-2H3,(H,10,11). The van der Waals surface area contributed by atoms with Crippen LogP contribution in [0.4, 0.5) is 0 Å². The summed E-state index contributed by atoms with van der Waals surface area (Å²) in [6.07, 6.45) is 0.606. The number of aliphatic carboxylic acids is 1. The summed E-state index contributed by atoms with van der Waals surface area (Å²) < 4.78 is 5.21. The third-order valence-corrected chi connectivity index (χ3v) is 3.85. The molecule has 80 valence electrons. The summed E-state index contributed by atoms with van der Waals surface area (Å²) in [5, 5.41) is 8.01. The first-order chi connectivity index (χ1) is 6.47. The summed E-state index contributed by atoms with van der Waals surface area (Å²) in [4.78, 5) is 21.8. The van der Waals surface area contributed by atoms with Crippen molar-refractivity contribution in [2.45, 2.75) is 37.5 Å². The highest BCUT2D eigenvalue weighted by molar-refractivity contribution is 8.00. The van der Waals surface area contributed by atoms with Gasteiger partial charge in [0.2, 0.25) is 0 Å². The fourth-order valence-corrected chi connectivity index (χ4v) is 2.42. The largest absolute Gasteiger partial charge is 0.481 e. The average Bonchev–Trinajstić information content (AvgIpc) is 2.10. The van der Waals surface area contributed by atoms with E-state index in [1.807, 2.05) is 13.8 Å². The Hall–Kier alpha value is -0.710. The number of carbonyl (C=O) groups is 2. The Labute approximate surface area is 87.0 Å². The van der Waals surface area contributed by atoms with Crippen LogP contribution in [0.25, 0.3) is 0 Å². The predicted octanol–water partition coefficient (Wildman–Crippen LogP) is 1.29. The Morgan fingerprint density at radius 2 is 2.43 bits per heavy atom. The molecular formula is C9H14O4S. The monoisotopic (exact) mass is 218 g/mol. The normalized spacial score (nSPS) is 32.4. The first kappa shape index (κ1) is 11.4. The molecule has 1 aliphatic rings. The number of rotatable bonds is 3. The molecule has 1 aliphatic heterocycles. The molecular weight excluding hydrogens is 204 g/mol. The van der Waals surface area contributed by atoms with Crippen LogP contribution in [0.5, 0.6) is 0 Å². The number of carboxylic acid groups (broad SMARTS) is 1. The van der Waals surface area contributed by atoms with E-state index in [4.69, 9.17) is 9.84 Å². The molecule has 1 saturated heterocycles. The minimum absolute atomic E-state index is 0.150. The zero-order chi connectivity index (χ0) is 10.8. The zero-order valence-corrected chi connectivity index (χ0v) is 9.10. The molecule has 14 heavy (non-hydrogen) atoms. The molecule has 5 heteroatoms. The summed E-state index contributed by atoms with van der Waals surface area (Å²) in [7, 11) is 0. The molecule has 4 nitrogen and oxygen atoms in total. The number of hydrogen-bond donors (Lipinski definition) is 1. The molecule has 2 atom stereocenters. The van der Waals surface area contributed by atoms with Crippen molar-refractivity contribution in [3.05, 3.63) is 0 Å². The number of esters is 1. The predicted molar refractivity (Wildman–Crippen MR) is 53.3 cm³/mol. The quantitative estimate of drug-likeness (QED) is 0.723. The van der Waals surface area contributed by atoms with Crippen LogP contribution in [-0.4, -0.2) is 33.6 Å². The van der Waals surface area contributed by atoms with Gasteiger partial charge in [0.1, 0.15) is 10.9 Å². The molecule has 0 aromatic carbocycles. The van der Waals surface area contributed by atoms with E-state index in [0.717, 1.165) is 6.42 Å². The Balaban J connectivity index is 2.56. The lowest BCUT2D eigenvalue weighted by Gasteiger charge is -2.35. The maximum atomic E-state index is 11.4. The molecule has 0 spiro atoms. The molecule has 0 radical (unpaired) electrons. The minimum atomic E-state index is -0.959. The lowest BCUT2D eigenvalue weighted by atomic mass is 10.1. The lowest BCUT2D eigenvalue weighted by Crippen LogP contribution is -2.43. The van der Waals surface area contributed by atoms with Gasteiger partial charge in [-0.25, -0.2) is 0 Å². The highest BCUT2D eigenvalue weighted by atomic mass is 32.2. The van der Waals surface area contributed by atoms with Gasteiger partial charge in [-0.05, 0) is 13.3 Å². The Kier molecular flexibility index (Phi) is 3.42. The summed E-state index contributed by atoms with van der Waals surface area (Å²) >= 11 is 1.38. The van der Waals surface area contributed by atoms with Crippen molar-refractivity contribution >= 4 is 23.7 Å².